The molecular weight excluding hydrogens is 392 g/mol. The molecule has 0 aromatic carbocycles. The molecule has 1 saturated heterocycles. The van der Waals surface area contributed by atoms with Gasteiger partial charge in [0.2, 0.25) is 6.23 Å². The molecule has 0 radical (unpaired) electrons. The van der Waals surface area contributed by atoms with Crippen molar-refractivity contribution in [2.75, 3.05) is 5.73 Å². The van der Waals surface area contributed by atoms with Crippen LogP contribution in [0.1, 0.15) is 40.8 Å². The molecule has 29 heavy (non-hydrogen) atoms. The van der Waals surface area contributed by atoms with Crippen molar-refractivity contribution in [3.05, 3.63) is 22.7 Å². The van der Waals surface area contributed by atoms with Gasteiger partial charge < -0.3 is 19.9 Å². The SMILES string of the molecule is CC(C)C(=O)O[C@@H](C)[C@H]1O[C@@H](n2ccc(N)nc2=O)C(F)(F)[C@@H]1OC(=O)C(C)C. The molecule has 11 heteroatoms. The molecule has 2 heterocycles. The van der Waals surface area contributed by atoms with Crippen molar-refractivity contribution >= 4 is 17.8 Å². The van der Waals surface area contributed by atoms with Gasteiger partial charge in [-0.25, -0.2) is 4.79 Å². The lowest BCUT2D eigenvalue weighted by Gasteiger charge is -2.27. The van der Waals surface area contributed by atoms with E-state index in [0.717, 1.165) is 12.3 Å². The van der Waals surface area contributed by atoms with Gasteiger partial charge >= 0.3 is 23.6 Å². The summed E-state index contributed by atoms with van der Waals surface area (Å²) in [6, 6.07) is 1.16. The van der Waals surface area contributed by atoms with Crippen molar-refractivity contribution in [3.63, 3.8) is 0 Å². The summed E-state index contributed by atoms with van der Waals surface area (Å²) in [6.45, 7) is 7.48. The number of esters is 2. The van der Waals surface area contributed by atoms with Crippen LogP contribution in [0.5, 0.6) is 0 Å². The van der Waals surface area contributed by atoms with Crippen molar-refractivity contribution in [1.29, 1.82) is 0 Å². The zero-order valence-corrected chi connectivity index (χ0v) is 16.8. The fourth-order valence-corrected chi connectivity index (χ4v) is 2.68. The molecular formula is C18H25F2N3O6. The zero-order valence-electron chi connectivity index (χ0n) is 16.8. The monoisotopic (exact) mass is 417 g/mol. The summed E-state index contributed by atoms with van der Waals surface area (Å²) in [5.74, 6) is -6.65. The lowest BCUT2D eigenvalue weighted by molar-refractivity contribution is -0.181. The number of carbonyl (C=O) groups is 2. The maximum atomic E-state index is 15.2. The molecule has 4 atom stereocenters. The zero-order chi connectivity index (χ0) is 22.1. The highest BCUT2D eigenvalue weighted by Gasteiger charge is 2.64. The summed E-state index contributed by atoms with van der Waals surface area (Å²) in [6.07, 6.45) is -5.88. The fraction of sp³-hybridized carbons (Fsp3) is 0.667. The van der Waals surface area contributed by atoms with Gasteiger partial charge in [-0.1, -0.05) is 27.7 Å². The van der Waals surface area contributed by atoms with E-state index in [2.05, 4.69) is 4.98 Å². The molecule has 9 nitrogen and oxygen atoms in total. The molecule has 1 aliphatic heterocycles. The molecule has 1 aromatic heterocycles. The third kappa shape index (κ3) is 4.72. The Balaban J connectivity index is 2.42. The Morgan fingerprint density at radius 1 is 1.21 bits per heavy atom. The molecule has 162 valence electrons. The Labute approximate surface area is 166 Å². The number of halogens is 2. The summed E-state index contributed by atoms with van der Waals surface area (Å²) < 4.78 is 46.6. The molecule has 2 N–H and O–H groups in total. The first-order chi connectivity index (χ1) is 13.4. The Morgan fingerprint density at radius 2 is 1.79 bits per heavy atom. The second kappa shape index (κ2) is 8.44. The van der Waals surface area contributed by atoms with E-state index >= 15 is 8.78 Å². The van der Waals surface area contributed by atoms with Crippen LogP contribution in [0.2, 0.25) is 0 Å². The number of nitrogens with zero attached hydrogens (tertiary/aromatic N) is 2. The first kappa shape index (κ1) is 22.7. The van der Waals surface area contributed by atoms with E-state index in [9.17, 15) is 14.4 Å². The summed E-state index contributed by atoms with van der Waals surface area (Å²) in [4.78, 5) is 39.4. The minimum absolute atomic E-state index is 0.147. The number of rotatable bonds is 6. The van der Waals surface area contributed by atoms with Gasteiger partial charge in [-0.2, -0.15) is 13.8 Å². The van der Waals surface area contributed by atoms with Crippen LogP contribution >= 0.6 is 0 Å². The van der Waals surface area contributed by atoms with Crippen molar-refractivity contribution < 1.29 is 32.6 Å². The van der Waals surface area contributed by atoms with Gasteiger partial charge in [0.25, 0.3) is 0 Å². The highest BCUT2D eigenvalue weighted by Crippen LogP contribution is 2.45. The van der Waals surface area contributed by atoms with E-state index in [1.807, 2.05) is 0 Å². The van der Waals surface area contributed by atoms with Crippen LogP contribution in [0.15, 0.2) is 17.1 Å². The number of aromatic nitrogens is 2. The van der Waals surface area contributed by atoms with E-state index in [4.69, 9.17) is 19.9 Å². The van der Waals surface area contributed by atoms with Crippen molar-refractivity contribution in [2.24, 2.45) is 11.8 Å². The van der Waals surface area contributed by atoms with Gasteiger partial charge in [0, 0.05) is 6.20 Å². The molecule has 1 aromatic rings. The van der Waals surface area contributed by atoms with Gasteiger partial charge in [0.1, 0.15) is 18.0 Å². The normalized spacial score (nSPS) is 24.5. The summed E-state index contributed by atoms with van der Waals surface area (Å²) in [5, 5.41) is 0. The largest absolute Gasteiger partial charge is 0.460 e. The van der Waals surface area contributed by atoms with Gasteiger partial charge in [-0.3, -0.25) is 14.2 Å². The average molecular weight is 417 g/mol. The highest BCUT2D eigenvalue weighted by atomic mass is 19.3. The van der Waals surface area contributed by atoms with E-state index in [-0.39, 0.29) is 5.82 Å². The van der Waals surface area contributed by atoms with Crippen LogP contribution < -0.4 is 11.4 Å². The molecule has 0 spiro atoms. The molecule has 0 unspecified atom stereocenters. The molecule has 1 aliphatic rings. The molecule has 2 rings (SSSR count). The maximum absolute atomic E-state index is 15.2. The minimum Gasteiger partial charge on any atom is -0.460 e. The topological polar surface area (TPSA) is 123 Å². The van der Waals surface area contributed by atoms with Crippen LogP contribution in [0, 0.1) is 11.8 Å². The van der Waals surface area contributed by atoms with Crippen molar-refractivity contribution in [2.45, 2.75) is 65.1 Å². The fourth-order valence-electron chi connectivity index (χ4n) is 2.68. The molecule has 0 saturated carbocycles. The maximum Gasteiger partial charge on any atom is 0.351 e. The Bertz CT molecular complexity index is 826. The van der Waals surface area contributed by atoms with Crippen LogP contribution in [0.25, 0.3) is 0 Å². The Morgan fingerprint density at radius 3 is 2.31 bits per heavy atom. The number of ether oxygens (including phenoxy) is 3. The number of hydrogen-bond acceptors (Lipinski definition) is 8. The summed E-state index contributed by atoms with van der Waals surface area (Å²) >= 11 is 0. The van der Waals surface area contributed by atoms with Crippen LogP contribution in [0.3, 0.4) is 0 Å². The predicted molar refractivity (Wildman–Crippen MR) is 96.9 cm³/mol. The third-order valence-electron chi connectivity index (χ3n) is 4.35. The Kier molecular flexibility index (Phi) is 6.61. The van der Waals surface area contributed by atoms with E-state index in [0.29, 0.717) is 4.57 Å². The van der Waals surface area contributed by atoms with Crippen molar-refractivity contribution in [3.8, 4) is 0 Å². The number of hydrogen-bond donors (Lipinski definition) is 1. The quantitative estimate of drug-likeness (QED) is 0.691. The van der Waals surface area contributed by atoms with E-state index in [1.54, 1.807) is 13.8 Å². The summed E-state index contributed by atoms with van der Waals surface area (Å²) in [5.41, 5.74) is 4.34. The van der Waals surface area contributed by atoms with Gasteiger partial charge in [0.05, 0.1) is 11.8 Å². The van der Waals surface area contributed by atoms with E-state index < -0.39 is 59.9 Å². The second-order valence-corrected chi connectivity index (χ2v) is 7.48. The smallest absolute Gasteiger partial charge is 0.351 e. The number of nitrogens with two attached hydrogens (primary N) is 1. The number of carbonyl (C=O) groups excluding carboxylic acids is 2. The first-order valence-electron chi connectivity index (χ1n) is 9.15. The van der Waals surface area contributed by atoms with Gasteiger partial charge in [0.15, 0.2) is 6.10 Å². The predicted octanol–water partition coefficient (Wildman–Crippen LogP) is 1.51. The number of anilines is 1. The standard InChI is InChI=1S/C18H25F2N3O6/c1-8(2)14(24)27-10(5)12-13(29-15(25)9(3)4)18(19,20)16(28-12)23-7-6-11(21)22-17(23)26/h6-10,12-13,16H,1-5H3,(H2,21,22,26)/t10-,12+,13+,16+/m0/s1. The number of nitrogen functional groups attached to an aromatic ring is 1. The molecule has 0 aliphatic carbocycles. The second-order valence-electron chi connectivity index (χ2n) is 7.48. The van der Waals surface area contributed by atoms with Crippen LogP contribution in [-0.4, -0.2) is 45.7 Å². The van der Waals surface area contributed by atoms with Gasteiger partial charge in [-0.15, -0.1) is 0 Å². The molecule has 0 amide bonds. The minimum atomic E-state index is -3.81. The van der Waals surface area contributed by atoms with E-state index in [1.165, 1.54) is 20.8 Å². The number of alkyl halides is 2. The summed E-state index contributed by atoms with van der Waals surface area (Å²) in [7, 11) is 0. The Hall–Kier alpha value is -2.56. The van der Waals surface area contributed by atoms with Crippen LogP contribution in [-0.2, 0) is 23.8 Å². The first-order valence-corrected chi connectivity index (χ1v) is 9.15. The lowest BCUT2D eigenvalue weighted by atomic mass is 10.0. The van der Waals surface area contributed by atoms with Gasteiger partial charge in [-0.05, 0) is 13.0 Å². The van der Waals surface area contributed by atoms with Crippen molar-refractivity contribution in [1.82, 2.24) is 9.55 Å². The molecule has 1 fully saturated rings. The van der Waals surface area contributed by atoms with Crippen LogP contribution in [0.4, 0.5) is 14.6 Å². The average Bonchev–Trinajstić information content (AvgIpc) is 2.86. The highest BCUT2D eigenvalue weighted by molar-refractivity contribution is 5.72. The third-order valence-corrected chi connectivity index (χ3v) is 4.35. The molecule has 0 bridgehead atoms. The lowest BCUT2D eigenvalue weighted by Crippen LogP contribution is -2.47.